The molecular formula is C29H34N4O2. The Labute approximate surface area is 207 Å². The zero-order valence-electron chi connectivity index (χ0n) is 20.2. The quantitative estimate of drug-likeness (QED) is 0.564. The SMILES string of the molecule is O=C(NCCc1ccccc1)c1ccc2c(c1)CNCCCCCCCN2C(=O)c1ccncc1. The molecule has 4 rings (SSSR count). The number of nitrogens with one attached hydrogen (secondary N) is 2. The summed E-state index contributed by atoms with van der Waals surface area (Å²) in [7, 11) is 0. The van der Waals surface area contributed by atoms with Gasteiger partial charge in [0, 0.05) is 48.8 Å². The first kappa shape index (κ1) is 24.6. The van der Waals surface area contributed by atoms with Crippen LogP contribution in [0.4, 0.5) is 5.69 Å². The van der Waals surface area contributed by atoms with E-state index in [4.69, 9.17) is 0 Å². The monoisotopic (exact) mass is 470 g/mol. The van der Waals surface area contributed by atoms with Gasteiger partial charge in [0.05, 0.1) is 0 Å². The minimum atomic E-state index is -0.0955. The molecule has 6 nitrogen and oxygen atoms in total. The maximum Gasteiger partial charge on any atom is 0.258 e. The second-order valence-electron chi connectivity index (χ2n) is 8.97. The Hall–Kier alpha value is -3.51. The van der Waals surface area contributed by atoms with Crippen molar-refractivity contribution in [1.82, 2.24) is 15.6 Å². The molecule has 1 aliphatic heterocycles. The van der Waals surface area contributed by atoms with Gasteiger partial charge in [-0.05, 0) is 67.3 Å². The van der Waals surface area contributed by atoms with Crippen LogP contribution in [-0.4, -0.2) is 36.4 Å². The van der Waals surface area contributed by atoms with E-state index in [1.807, 2.05) is 41.3 Å². The van der Waals surface area contributed by atoms with E-state index in [1.165, 1.54) is 18.4 Å². The number of anilines is 1. The van der Waals surface area contributed by atoms with Crippen molar-refractivity contribution < 1.29 is 9.59 Å². The highest BCUT2D eigenvalue weighted by Gasteiger charge is 2.21. The third kappa shape index (κ3) is 6.99. The van der Waals surface area contributed by atoms with Crippen molar-refractivity contribution in [3.05, 3.63) is 95.3 Å². The molecule has 2 aromatic carbocycles. The predicted molar refractivity (Wildman–Crippen MR) is 140 cm³/mol. The van der Waals surface area contributed by atoms with Gasteiger partial charge in [0.25, 0.3) is 11.8 Å². The highest BCUT2D eigenvalue weighted by molar-refractivity contribution is 6.06. The summed E-state index contributed by atoms with van der Waals surface area (Å²) in [5.41, 5.74) is 4.25. The second-order valence-corrected chi connectivity index (χ2v) is 8.97. The van der Waals surface area contributed by atoms with Crippen LogP contribution in [0.25, 0.3) is 0 Å². The summed E-state index contributed by atoms with van der Waals surface area (Å²) >= 11 is 0. The molecule has 2 N–H and O–H groups in total. The number of carbonyl (C=O) groups is 2. The Kier molecular flexibility index (Phi) is 9.01. The van der Waals surface area contributed by atoms with E-state index < -0.39 is 0 Å². The number of nitrogens with zero attached hydrogens (tertiary/aromatic N) is 2. The highest BCUT2D eigenvalue weighted by atomic mass is 16.2. The van der Waals surface area contributed by atoms with Crippen LogP contribution in [0.5, 0.6) is 0 Å². The molecule has 6 heteroatoms. The molecule has 2 amide bonds. The molecule has 0 bridgehead atoms. The van der Waals surface area contributed by atoms with E-state index in [1.54, 1.807) is 24.5 Å². The molecular weight excluding hydrogens is 436 g/mol. The number of amides is 2. The summed E-state index contributed by atoms with van der Waals surface area (Å²) in [6, 6.07) is 19.3. The number of hydrogen-bond donors (Lipinski definition) is 2. The fourth-order valence-corrected chi connectivity index (χ4v) is 4.45. The smallest absolute Gasteiger partial charge is 0.258 e. The zero-order chi connectivity index (χ0) is 24.3. The van der Waals surface area contributed by atoms with Gasteiger partial charge in [-0.15, -0.1) is 0 Å². The summed E-state index contributed by atoms with van der Waals surface area (Å²) in [6.45, 7) is 2.76. The normalized spacial score (nSPS) is 14.8. The van der Waals surface area contributed by atoms with Crippen LogP contribution in [0.3, 0.4) is 0 Å². The van der Waals surface area contributed by atoms with Gasteiger partial charge in [0.1, 0.15) is 0 Å². The molecule has 182 valence electrons. The van der Waals surface area contributed by atoms with Gasteiger partial charge in [0.15, 0.2) is 0 Å². The minimum Gasteiger partial charge on any atom is -0.352 e. The van der Waals surface area contributed by atoms with Gasteiger partial charge in [-0.25, -0.2) is 0 Å². The van der Waals surface area contributed by atoms with Gasteiger partial charge in [0.2, 0.25) is 0 Å². The summed E-state index contributed by atoms with van der Waals surface area (Å²) < 4.78 is 0. The topological polar surface area (TPSA) is 74.3 Å². The van der Waals surface area contributed by atoms with Gasteiger partial charge in [-0.3, -0.25) is 14.6 Å². The zero-order valence-corrected chi connectivity index (χ0v) is 20.2. The number of rotatable bonds is 5. The number of hydrogen-bond acceptors (Lipinski definition) is 4. The van der Waals surface area contributed by atoms with Crippen LogP contribution in [0.15, 0.2) is 73.1 Å². The molecule has 1 aliphatic rings. The predicted octanol–water partition coefficient (Wildman–Crippen LogP) is 4.75. The molecule has 0 spiro atoms. The Morgan fingerprint density at radius 2 is 1.66 bits per heavy atom. The van der Waals surface area contributed by atoms with E-state index in [2.05, 4.69) is 27.8 Å². The Morgan fingerprint density at radius 3 is 2.49 bits per heavy atom. The molecule has 1 aromatic heterocycles. The lowest BCUT2D eigenvalue weighted by atomic mass is 10.0. The molecule has 0 saturated carbocycles. The number of benzene rings is 2. The van der Waals surface area contributed by atoms with Crippen molar-refractivity contribution in [2.45, 2.75) is 45.1 Å². The summed E-state index contributed by atoms with van der Waals surface area (Å²) in [6.07, 6.45) is 9.62. The number of aromatic nitrogens is 1. The summed E-state index contributed by atoms with van der Waals surface area (Å²) in [5, 5.41) is 6.55. The Balaban J connectivity index is 1.55. The molecule has 0 saturated heterocycles. The third-order valence-electron chi connectivity index (χ3n) is 6.40. The Bertz CT molecular complexity index is 1100. The van der Waals surface area contributed by atoms with E-state index in [-0.39, 0.29) is 11.8 Å². The van der Waals surface area contributed by atoms with Crippen molar-refractivity contribution in [2.24, 2.45) is 0 Å². The summed E-state index contributed by atoms with van der Waals surface area (Å²) in [5.74, 6) is -0.132. The lowest BCUT2D eigenvalue weighted by Crippen LogP contribution is -2.34. The first-order valence-corrected chi connectivity index (χ1v) is 12.6. The average Bonchev–Trinajstić information content (AvgIpc) is 2.90. The van der Waals surface area contributed by atoms with Gasteiger partial charge in [-0.2, -0.15) is 0 Å². The fraction of sp³-hybridized carbons (Fsp3) is 0.345. The van der Waals surface area contributed by atoms with E-state index in [0.717, 1.165) is 43.5 Å². The molecule has 3 aromatic rings. The van der Waals surface area contributed by atoms with Crippen molar-refractivity contribution in [1.29, 1.82) is 0 Å². The molecule has 2 heterocycles. The molecule has 35 heavy (non-hydrogen) atoms. The fourth-order valence-electron chi connectivity index (χ4n) is 4.45. The second kappa shape index (κ2) is 12.8. The maximum atomic E-state index is 13.5. The van der Waals surface area contributed by atoms with Crippen LogP contribution < -0.4 is 15.5 Å². The van der Waals surface area contributed by atoms with E-state index in [0.29, 0.717) is 30.8 Å². The van der Waals surface area contributed by atoms with Gasteiger partial charge in [-0.1, -0.05) is 49.6 Å². The minimum absolute atomic E-state index is 0.0363. The molecule has 0 atom stereocenters. The number of fused-ring (bicyclic) bond motifs is 1. The molecule has 0 aliphatic carbocycles. The average molecular weight is 471 g/mol. The van der Waals surface area contributed by atoms with Crippen molar-refractivity contribution in [2.75, 3.05) is 24.5 Å². The maximum absolute atomic E-state index is 13.5. The van der Waals surface area contributed by atoms with Crippen molar-refractivity contribution in [3.63, 3.8) is 0 Å². The van der Waals surface area contributed by atoms with Crippen LogP contribution in [-0.2, 0) is 13.0 Å². The lowest BCUT2D eigenvalue weighted by molar-refractivity contribution is 0.0953. The molecule has 0 fully saturated rings. The van der Waals surface area contributed by atoms with Gasteiger partial charge >= 0.3 is 0 Å². The Morgan fingerprint density at radius 1 is 0.886 bits per heavy atom. The number of carbonyl (C=O) groups excluding carboxylic acids is 2. The van der Waals surface area contributed by atoms with Crippen molar-refractivity contribution in [3.8, 4) is 0 Å². The van der Waals surface area contributed by atoms with Crippen molar-refractivity contribution >= 4 is 17.5 Å². The first-order chi connectivity index (χ1) is 17.2. The van der Waals surface area contributed by atoms with Crippen LogP contribution >= 0.6 is 0 Å². The highest BCUT2D eigenvalue weighted by Crippen LogP contribution is 2.26. The summed E-state index contributed by atoms with van der Waals surface area (Å²) in [4.78, 5) is 32.3. The number of pyridine rings is 1. The van der Waals surface area contributed by atoms with Crippen LogP contribution in [0.2, 0.25) is 0 Å². The molecule has 0 unspecified atom stereocenters. The largest absolute Gasteiger partial charge is 0.352 e. The van der Waals surface area contributed by atoms with Gasteiger partial charge < -0.3 is 15.5 Å². The van der Waals surface area contributed by atoms with E-state index >= 15 is 0 Å². The third-order valence-corrected chi connectivity index (χ3v) is 6.40. The van der Waals surface area contributed by atoms with Crippen LogP contribution in [0, 0.1) is 0 Å². The standard InChI is InChI=1S/C29H34N4O2/c34-28(32-19-13-23-9-5-4-6-10-23)25-11-12-27-26(21-25)22-31-16-7-2-1-3-8-20-33(27)29(35)24-14-17-30-18-15-24/h4-6,9-12,14-15,17-18,21,31H,1-3,7-8,13,16,19-20,22H2,(H,32,34). The molecule has 0 radical (unpaired) electrons. The van der Waals surface area contributed by atoms with E-state index in [9.17, 15) is 9.59 Å². The first-order valence-electron chi connectivity index (χ1n) is 12.6. The lowest BCUT2D eigenvalue weighted by Gasteiger charge is -2.27. The van der Waals surface area contributed by atoms with Crippen LogP contribution in [0.1, 0.15) is 63.9 Å².